The monoisotopic (exact) mass is 261 g/mol. The van der Waals surface area contributed by atoms with E-state index in [0.29, 0.717) is 24.7 Å². The second kappa shape index (κ2) is 6.89. The van der Waals surface area contributed by atoms with Crippen LogP contribution in [-0.4, -0.2) is 18.7 Å². The predicted molar refractivity (Wildman–Crippen MR) is 79.3 cm³/mol. The number of nitriles is 1. The number of nitrogens with zero attached hydrogens (tertiary/aromatic N) is 2. The molecule has 1 aromatic rings. The fraction of sp³-hybridized carbons (Fsp3) is 0.533. The van der Waals surface area contributed by atoms with Crippen LogP contribution in [0.1, 0.15) is 34.1 Å². The summed E-state index contributed by atoms with van der Waals surface area (Å²) in [5.41, 5.74) is 7.61. The maximum absolute atomic E-state index is 8.75. The Bertz CT molecular complexity index is 449. The normalized spacial score (nSPS) is 10.6. The van der Waals surface area contributed by atoms with Gasteiger partial charge in [0.05, 0.1) is 18.6 Å². The standard InChI is InChI=1S/C15H23N3O/c1-11(2)18(7-5-6-16)14-8-13(17)9-15(10-14)19-12(3)4/h8-12H,5,7,17H2,1-4H3. The highest BCUT2D eigenvalue weighted by molar-refractivity contribution is 5.61. The lowest BCUT2D eigenvalue weighted by atomic mass is 10.2. The molecule has 0 fully saturated rings. The van der Waals surface area contributed by atoms with Crippen LogP contribution in [0.5, 0.6) is 5.75 Å². The number of hydrogen-bond acceptors (Lipinski definition) is 4. The van der Waals surface area contributed by atoms with Gasteiger partial charge in [0.15, 0.2) is 0 Å². The highest BCUT2D eigenvalue weighted by Crippen LogP contribution is 2.27. The van der Waals surface area contributed by atoms with E-state index in [-0.39, 0.29) is 6.10 Å². The van der Waals surface area contributed by atoms with E-state index in [0.717, 1.165) is 11.4 Å². The molecule has 104 valence electrons. The molecule has 19 heavy (non-hydrogen) atoms. The van der Waals surface area contributed by atoms with Crippen LogP contribution in [0.2, 0.25) is 0 Å². The predicted octanol–water partition coefficient (Wildman–Crippen LogP) is 3.18. The second-order valence-electron chi connectivity index (χ2n) is 5.12. The first-order valence-electron chi connectivity index (χ1n) is 6.65. The molecule has 4 heteroatoms. The molecule has 0 radical (unpaired) electrons. The zero-order valence-electron chi connectivity index (χ0n) is 12.2. The molecule has 0 saturated carbocycles. The lowest BCUT2D eigenvalue weighted by Gasteiger charge is -2.29. The molecule has 0 aliphatic rings. The zero-order valence-corrected chi connectivity index (χ0v) is 12.2. The van der Waals surface area contributed by atoms with E-state index in [1.807, 2.05) is 32.0 Å². The molecule has 0 aliphatic carbocycles. The van der Waals surface area contributed by atoms with E-state index >= 15 is 0 Å². The summed E-state index contributed by atoms with van der Waals surface area (Å²) in [4.78, 5) is 2.16. The third kappa shape index (κ3) is 4.70. The van der Waals surface area contributed by atoms with E-state index in [9.17, 15) is 0 Å². The van der Waals surface area contributed by atoms with Gasteiger partial charge in [-0.3, -0.25) is 0 Å². The van der Waals surface area contributed by atoms with Gasteiger partial charge in [-0.05, 0) is 33.8 Å². The van der Waals surface area contributed by atoms with Gasteiger partial charge >= 0.3 is 0 Å². The van der Waals surface area contributed by atoms with Gasteiger partial charge in [-0.25, -0.2) is 0 Å². The van der Waals surface area contributed by atoms with Crippen molar-refractivity contribution in [3.8, 4) is 11.8 Å². The Kier molecular flexibility index (Phi) is 5.50. The van der Waals surface area contributed by atoms with E-state index in [4.69, 9.17) is 15.7 Å². The number of ether oxygens (including phenoxy) is 1. The van der Waals surface area contributed by atoms with Gasteiger partial charge in [-0.2, -0.15) is 5.26 Å². The van der Waals surface area contributed by atoms with E-state index in [1.165, 1.54) is 0 Å². The van der Waals surface area contributed by atoms with Gasteiger partial charge in [0, 0.05) is 36.1 Å². The quantitative estimate of drug-likeness (QED) is 0.799. The third-order valence-corrected chi connectivity index (χ3v) is 2.70. The zero-order chi connectivity index (χ0) is 14.4. The minimum atomic E-state index is 0.112. The van der Waals surface area contributed by atoms with Crippen molar-refractivity contribution in [2.45, 2.75) is 46.3 Å². The van der Waals surface area contributed by atoms with Crippen molar-refractivity contribution >= 4 is 11.4 Å². The summed E-state index contributed by atoms with van der Waals surface area (Å²) < 4.78 is 5.70. The number of rotatable bonds is 6. The largest absolute Gasteiger partial charge is 0.491 e. The first-order chi connectivity index (χ1) is 8.93. The van der Waals surface area contributed by atoms with Crippen molar-refractivity contribution in [2.24, 2.45) is 0 Å². The van der Waals surface area contributed by atoms with Crippen LogP contribution in [0, 0.1) is 11.3 Å². The Morgan fingerprint density at radius 2 is 1.95 bits per heavy atom. The topological polar surface area (TPSA) is 62.3 Å². The van der Waals surface area contributed by atoms with Crippen LogP contribution in [0.3, 0.4) is 0 Å². The van der Waals surface area contributed by atoms with Crippen LogP contribution in [0.4, 0.5) is 11.4 Å². The van der Waals surface area contributed by atoms with Crippen molar-refractivity contribution in [3.05, 3.63) is 18.2 Å². The Labute approximate surface area is 115 Å². The van der Waals surface area contributed by atoms with Crippen LogP contribution in [0.15, 0.2) is 18.2 Å². The van der Waals surface area contributed by atoms with Crippen molar-refractivity contribution in [2.75, 3.05) is 17.2 Å². The molecule has 1 rings (SSSR count). The lowest BCUT2D eigenvalue weighted by Crippen LogP contribution is -2.31. The molecule has 0 saturated heterocycles. The summed E-state index contributed by atoms with van der Waals surface area (Å²) in [5.74, 6) is 0.771. The molecule has 0 aliphatic heterocycles. The summed E-state index contributed by atoms with van der Waals surface area (Å²) in [6.45, 7) is 8.86. The minimum absolute atomic E-state index is 0.112. The van der Waals surface area contributed by atoms with Crippen LogP contribution in [-0.2, 0) is 0 Å². The van der Waals surface area contributed by atoms with E-state index in [1.54, 1.807) is 0 Å². The Hall–Kier alpha value is -1.89. The number of nitrogen functional groups attached to an aromatic ring is 1. The molecular weight excluding hydrogens is 238 g/mol. The van der Waals surface area contributed by atoms with Gasteiger partial charge in [0.2, 0.25) is 0 Å². The molecule has 4 nitrogen and oxygen atoms in total. The first-order valence-corrected chi connectivity index (χ1v) is 6.65. The molecule has 0 bridgehead atoms. The maximum atomic E-state index is 8.75. The Balaban J connectivity index is 3.02. The fourth-order valence-electron chi connectivity index (χ4n) is 1.97. The first kappa shape index (κ1) is 15.2. The highest BCUT2D eigenvalue weighted by Gasteiger charge is 2.12. The molecule has 1 aromatic carbocycles. The fourth-order valence-corrected chi connectivity index (χ4v) is 1.97. The number of nitrogens with two attached hydrogens (primary N) is 1. The Morgan fingerprint density at radius 1 is 1.26 bits per heavy atom. The SMILES string of the molecule is CC(C)Oc1cc(N)cc(N(CCC#N)C(C)C)c1. The second-order valence-corrected chi connectivity index (χ2v) is 5.12. The minimum Gasteiger partial charge on any atom is -0.491 e. The average molecular weight is 261 g/mol. The van der Waals surface area contributed by atoms with Gasteiger partial charge in [0.25, 0.3) is 0 Å². The van der Waals surface area contributed by atoms with Crippen LogP contribution in [0.25, 0.3) is 0 Å². The third-order valence-electron chi connectivity index (χ3n) is 2.70. The van der Waals surface area contributed by atoms with Crippen LogP contribution < -0.4 is 15.4 Å². The van der Waals surface area contributed by atoms with Gasteiger partial charge < -0.3 is 15.4 Å². The molecule has 0 aromatic heterocycles. The van der Waals surface area contributed by atoms with Crippen molar-refractivity contribution in [1.82, 2.24) is 0 Å². The molecule has 0 heterocycles. The summed E-state index contributed by atoms with van der Waals surface area (Å²) in [7, 11) is 0. The Morgan fingerprint density at radius 3 is 2.47 bits per heavy atom. The molecular formula is C15H23N3O. The molecule has 0 amide bonds. The van der Waals surface area contributed by atoms with Crippen LogP contribution >= 0.6 is 0 Å². The lowest BCUT2D eigenvalue weighted by molar-refractivity contribution is 0.242. The average Bonchev–Trinajstić information content (AvgIpc) is 2.27. The summed E-state index contributed by atoms with van der Waals surface area (Å²) in [6, 6.07) is 8.21. The molecule has 0 atom stereocenters. The van der Waals surface area contributed by atoms with Crippen molar-refractivity contribution in [1.29, 1.82) is 5.26 Å². The van der Waals surface area contributed by atoms with Crippen molar-refractivity contribution < 1.29 is 4.74 Å². The molecule has 0 spiro atoms. The number of benzene rings is 1. The van der Waals surface area contributed by atoms with Gasteiger partial charge in [-0.15, -0.1) is 0 Å². The summed E-state index contributed by atoms with van der Waals surface area (Å²) >= 11 is 0. The van der Waals surface area contributed by atoms with Gasteiger partial charge in [-0.1, -0.05) is 0 Å². The number of anilines is 2. The highest BCUT2D eigenvalue weighted by atomic mass is 16.5. The summed E-state index contributed by atoms with van der Waals surface area (Å²) in [5, 5.41) is 8.75. The van der Waals surface area contributed by atoms with Crippen molar-refractivity contribution in [3.63, 3.8) is 0 Å². The summed E-state index contributed by atoms with van der Waals surface area (Å²) in [6.07, 6.45) is 0.606. The maximum Gasteiger partial charge on any atom is 0.123 e. The van der Waals surface area contributed by atoms with Gasteiger partial charge in [0.1, 0.15) is 5.75 Å². The number of hydrogen-bond donors (Lipinski definition) is 1. The van der Waals surface area contributed by atoms with E-state index < -0.39 is 0 Å². The molecule has 2 N–H and O–H groups in total. The van der Waals surface area contributed by atoms with E-state index in [2.05, 4.69) is 24.8 Å². The molecule has 0 unspecified atom stereocenters. The smallest absolute Gasteiger partial charge is 0.123 e.